The van der Waals surface area contributed by atoms with Crippen LogP contribution in [-0.4, -0.2) is 30.9 Å². The summed E-state index contributed by atoms with van der Waals surface area (Å²) in [5.74, 6) is -0.341. The number of pyridine rings is 1. The van der Waals surface area contributed by atoms with Gasteiger partial charge in [0, 0.05) is 29.1 Å². The predicted octanol–water partition coefficient (Wildman–Crippen LogP) is 3.45. The largest absolute Gasteiger partial charge is 0.382 e. The maximum Gasteiger partial charge on any atom is 0.150 e. The molecule has 0 bridgehead atoms. The zero-order valence-corrected chi connectivity index (χ0v) is 14.2. The van der Waals surface area contributed by atoms with Crippen molar-refractivity contribution >= 4 is 26.4 Å². The van der Waals surface area contributed by atoms with Gasteiger partial charge in [-0.2, -0.15) is 0 Å². The third kappa shape index (κ3) is 3.47. The number of aromatic nitrogens is 1. The van der Waals surface area contributed by atoms with Crippen LogP contribution in [0, 0.1) is 12.7 Å². The van der Waals surface area contributed by atoms with E-state index in [9.17, 15) is 12.8 Å². The molecule has 1 aliphatic carbocycles. The SMILES string of the molecule is Cc1cc(NC2CCCC(S(C)(=O)=O)C2)c2cccc(F)c2n1. The van der Waals surface area contributed by atoms with Gasteiger partial charge in [-0.25, -0.2) is 17.8 Å². The summed E-state index contributed by atoms with van der Waals surface area (Å²) < 4.78 is 37.6. The fourth-order valence-corrected chi connectivity index (χ4v) is 4.52. The molecule has 6 heteroatoms. The summed E-state index contributed by atoms with van der Waals surface area (Å²) in [6, 6.07) is 6.88. The van der Waals surface area contributed by atoms with Crippen LogP contribution in [0.25, 0.3) is 10.9 Å². The zero-order chi connectivity index (χ0) is 16.6. The highest BCUT2D eigenvalue weighted by Crippen LogP contribution is 2.30. The van der Waals surface area contributed by atoms with Crippen LogP contribution in [0.3, 0.4) is 0 Å². The lowest BCUT2D eigenvalue weighted by Crippen LogP contribution is -2.34. The zero-order valence-electron chi connectivity index (χ0n) is 13.3. The van der Waals surface area contributed by atoms with E-state index in [2.05, 4.69) is 10.3 Å². The van der Waals surface area contributed by atoms with Crippen LogP contribution in [0.5, 0.6) is 0 Å². The quantitative estimate of drug-likeness (QED) is 0.933. The van der Waals surface area contributed by atoms with E-state index >= 15 is 0 Å². The third-order valence-electron chi connectivity index (χ3n) is 4.51. The van der Waals surface area contributed by atoms with Gasteiger partial charge in [-0.15, -0.1) is 0 Å². The van der Waals surface area contributed by atoms with Crippen molar-refractivity contribution in [2.45, 2.75) is 43.9 Å². The molecule has 0 aliphatic heterocycles. The molecule has 1 aromatic carbocycles. The maximum absolute atomic E-state index is 14.0. The van der Waals surface area contributed by atoms with Crippen LogP contribution >= 0.6 is 0 Å². The highest BCUT2D eigenvalue weighted by molar-refractivity contribution is 7.91. The second-order valence-corrected chi connectivity index (χ2v) is 8.73. The second-order valence-electron chi connectivity index (χ2n) is 6.41. The minimum Gasteiger partial charge on any atom is -0.382 e. The van der Waals surface area contributed by atoms with E-state index in [1.165, 1.54) is 12.3 Å². The Morgan fingerprint density at radius 1 is 1.30 bits per heavy atom. The molecular formula is C17H21FN2O2S. The fraction of sp³-hybridized carbons (Fsp3) is 0.471. The van der Waals surface area contributed by atoms with Crippen molar-refractivity contribution in [1.29, 1.82) is 0 Å². The average Bonchev–Trinajstić information content (AvgIpc) is 2.48. The van der Waals surface area contributed by atoms with Crippen molar-refractivity contribution < 1.29 is 12.8 Å². The Bertz CT molecular complexity index is 836. The first-order valence-corrected chi connectivity index (χ1v) is 9.81. The van der Waals surface area contributed by atoms with E-state index in [1.807, 2.05) is 19.1 Å². The van der Waals surface area contributed by atoms with E-state index in [0.717, 1.165) is 36.0 Å². The lowest BCUT2D eigenvalue weighted by atomic mass is 9.94. The van der Waals surface area contributed by atoms with Crippen molar-refractivity contribution in [2.75, 3.05) is 11.6 Å². The number of hydrogen-bond donors (Lipinski definition) is 1. The number of benzene rings is 1. The molecular weight excluding hydrogens is 315 g/mol. The van der Waals surface area contributed by atoms with Gasteiger partial charge in [0.2, 0.25) is 0 Å². The molecule has 1 aliphatic rings. The topological polar surface area (TPSA) is 59.1 Å². The highest BCUT2D eigenvalue weighted by Gasteiger charge is 2.29. The van der Waals surface area contributed by atoms with Crippen molar-refractivity contribution in [1.82, 2.24) is 4.98 Å². The summed E-state index contributed by atoms with van der Waals surface area (Å²) >= 11 is 0. The number of aryl methyl sites for hydroxylation is 1. The lowest BCUT2D eigenvalue weighted by Gasteiger charge is -2.29. The number of rotatable bonds is 3. The van der Waals surface area contributed by atoms with Crippen LogP contribution in [0.4, 0.5) is 10.1 Å². The first-order chi connectivity index (χ1) is 10.8. The number of hydrogen-bond acceptors (Lipinski definition) is 4. The van der Waals surface area contributed by atoms with E-state index in [-0.39, 0.29) is 17.1 Å². The highest BCUT2D eigenvalue weighted by atomic mass is 32.2. The smallest absolute Gasteiger partial charge is 0.150 e. The van der Waals surface area contributed by atoms with E-state index < -0.39 is 9.84 Å². The summed E-state index contributed by atoms with van der Waals surface area (Å²) in [5.41, 5.74) is 1.91. The van der Waals surface area contributed by atoms with Gasteiger partial charge in [-0.05, 0) is 38.3 Å². The number of nitrogens with zero attached hydrogens (tertiary/aromatic N) is 1. The number of nitrogens with one attached hydrogen (secondary N) is 1. The normalized spacial score (nSPS) is 22.2. The van der Waals surface area contributed by atoms with Crippen LogP contribution in [-0.2, 0) is 9.84 Å². The Balaban J connectivity index is 1.91. The first-order valence-electron chi connectivity index (χ1n) is 7.86. The third-order valence-corrected chi connectivity index (χ3v) is 6.15. The Labute approximate surface area is 136 Å². The second kappa shape index (κ2) is 6.07. The molecule has 1 saturated carbocycles. The van der Waals surface area contributed by atoms with Crippen LogP contribution in [0.1, 0.15) is 31.4 Å². The first kappa shape index (κ1) is 16.2. The molecule has 0 amide bonds. The van der Waals surface area contributed by atoms with E-state index in [1.54, 1.807) is 6.07 Å². The van der Waals surface area contributed by atoms with Crippen molar-refractivity contribution in [3.05, 3.63) is 35.8 Å². The van der Waals surface area contributed by atoms with Crippen LogP contribution in [0.2, 0.25) is 0 Å². The Morgan fingerprint density at radius 3 is 2.83 bits per heavy atom. The molecule has 0 radical (unpaired) electrons. The standard InChI is InChI=1S/C17H21FN2O2S/c1-11-9-16(14-7-4-8-15(18)17(14)19-11)20-12-5-3-6-13(10-12)23(2,21)22/h4,7-9,12-13H,3,5-6,10H2,1-2H3,(H,19,20). The number of sulfone groups is 1. The molecule has 1 N–H and O–H groups in total. The molecule has 2 unspecified atom stereocenters. The van der Waals surface area contributed by atoms with Gasteiger partial charge < -0.3 is 5.32 Å². The number of anilines is 1. The Hall–Kier alpha value is -1.69. The van der Waals surface area contributed by atoms with Crippen LogP contribution < -0.4 is 5.32 Å². The predicted molar refractivity (Wildman–Crippen MR) is 90.9 cm³/mol. The Kier molecular flexibility index (Phi) is 4.27. The number of fused-ring (bicyclic) bond motifs is 1. The van der Waals surface area contributed by atoms with Gasteiger partial charge in [0.05, 0.1) is 5.25 Å². The molecule has 124 valence electrons. The molecule has 0 spiro atoms. The monoisotopic (exact) mass is 336 g/mol. The fourth-order valence-electron chi connectivity index (χ4n) is 3.35. The Morgan fingerprint density at radius 2 is 2.09 bits per heavy atom. The molecule has 4 nitrogen and oxygen atoms in total. The van der Waals surface area contributed by atoms with Crippen molar-refractivity contribution in [3.63, 3.8) is 0 Å². The summed E-state index contributed by atoms with van der Waals surface area (Å²) in [5, 5.41) is 3.86. The summed E-state index contributed by atoms with van der Waals surface area (Å²) in [7, 11) is -3.02. The van der Waals surface area contributed by atoms with Gasteiger partial charge in [0.25, 0.3) is 0 Å². The summed E-state index contributed by atoms with van der Waals surface area (Å²) in [6.45, 7) is 1.83. The van der Waals surface area contributed by atoms with Gasteiger partial charge in [-0.3, -0.25) is 0 Å². The number of para-hydroxylation sites is 1. The van der Waals surface area contributed by atoms with Gasteiger partial charge >= 0.3 is 0 Å². The number of halogens is 1. The molecule has 2 atom stereocenters. The molecule has 1 aromatic heterocycles. The molecule has 1 heterocycles. The molecule has 0 saturated heterocycles. The van der Waals surface area contributed by atoms with E-state index in [0.29, 0.717) is 11.9 Å². The van der Waals surface area contributed by atoms with Crippen molar-refractivity contribution in [2.24, 2.45) is 0 Å². The molecule has 2 aromatic rings. The lowest BCUT2D eigenvalue weighted by molar-refractivity contribution is 0.453. The maximum atomic E-state index is 14.0. The molecule has 1 fully saturated rings. The van der Waals surface area contributed by atoms with Crippen molar-refractivity contribution in [3.8, 4) is 0 Å². The van der Waals surface area contributed by atoms with E-state index in [4.69, 9.17) is 0 Å². The van der Waals surface area contributed by atoms with Gasteiger partial charge in [-0.1, -0.05) is 18.6 Å². The minimum absolute atomic E-state index is 0.0803. The van der Waals surface area contributed by atoms with Gasteiger partial charge in [0.15, 0.2) is 0 Å². The molecule has 3 rings (SSSR count). The minimum atomic E-state index is -3.02. The van der Waals surface area contributed by atoms with Gasteiger partial charge in [0.1, 0.15) is 21.2 Å². The summed E-state index contributed by atoms with van der Waals surface area (Å²) in [4.78, 5) is 4.27. The van der Waals surface area contributed by atoms with Crippen LogP contribution in [0.15, 0.2) is 24.3 Å². The average molecular weight is 336 g/mol. The molecule has 23 heavy (non-hydrogen) atoms. The summed E-state index contributed by atoms with van der Waals surface area (Å²) in [6.07, 6.45) is 4.43.